The van der Waals surface area contributed by atoms with Crippen molar-refractivity contribution in [3.8, 4) is 0 Å². The molecular weight excluding hydrogens is 196 g/mol. The van der Waals surface area contributed by atoms with Gasteiger partial charge in [0.1, 0.15) is 8.80 Å². The van der Waals surface area contributed by atoms with Crippen LogP contribution in [-0.4, -0.2) is 8.80 Å². The predicted octanol–water partition coefficient (Wildman–Crippen LogP) is 3.69. The van der Waals surface area contributed by atoms with Gasteiger partial charge in [-0.1, -0.05) is 73.6 Å². The molecule has 0 saturated carbocycles. The van der Waals surface area contributed by atoms with Crippen LogP contribution >= 0.6 is 0 Å². The van der Waals surface area contributed by atoms with Gasteiger partial charge in [-0.3, -0.25) is 0 Å². The first kappa shape index (κ1) is 12.2. The van der Waals surface area contributed by atoms with Crippen molar-refractivity contribution in [2.45, 2.75) is 39.2 Å². The minimum Gasteiger partial charge on any atom is -0.0957 e. The maximum Gasteiger partial charge on any atom is 0.109 e. The molecule has 0 amide bonds. The van der Waals surface area contributed by atoms with Gasteiger partial charge in [0.05, 0.1) is 0 Å². The summed E-state index contributed by atoms with van der Waals surface area (Å²) in [5.74, 6) is 0. The summed E-state index contributed by atoms with van der Waals surface area (Å²) < 4.78 is 0. The second kappa shape index (κ2) is 7.47. The van der Waals surface area contributed by atoms with E-state index in [1.54, 1.807) is 0 Å². The minimum atomic E-state index is -0.435. The summed E-state index contributed by atoms with van der Waals surface area (Å²) in [6.07, 6.45) is 7.65. The molecule has 81 valence electrons. The lowest BCUT2D eigenvalue weighted by molar-refractivity contribution is 0.729. The summed E-state index contributed by atoms with van der Waals surface area (Å²) >= 11 is 0. The smallest absolute Gasteiger partial charge is 0.0957 e. The molecule has 0 spiro atoms. The van der Waals surface area contributed by atoms with E-state index in [2.05, 4.69) is 55.6 Å². The Labute approximate surface area is 95.6 Å². The molecule has 0 bridgehead atoms. The molecule has 0 saturated heterocycles. The number of rotatable bonds is 6. The van der Waals surface area contributed by atoms with Crippen LogP contribution in [0, 0.1) is 0 Å². The van der Waals surface area contributed by atoms with E-state index >= 15 is 0 Å². The lowest BCUT2D eigenvalue weighted by Gasteiger charge is -2.03. The summed E-state index contributed by atoms with van der Waals surface area (Å²) in [7, 11) is -0.435. The highest BCUT2D eigenvalue weighted by Gasteiger charge is 2.01. The van der Waals surface area contributed by atoms with Gasteiger partial charge in [-0.2, -0.15) is 0 Å². The van der Waals surface area contributed by atoms with Gasteiger partial charge in [0.2, 0.25) is 0 Å². The molecule has 0 unspecified atom stereocenters. The van der Waals surface area contributed by atoms with Crippen molar-refractivity contribution in [1.29, 1.82) is 0 Å². The van der Waals surface area contributed by atoms with Crippen LogP contribution in [0.2, 0.25) is 6.55 Å². The Kier molecular flexibility index (Phi) is 6.10. The molecule has 15 heavy (non-hydrogen) atoms. The zero-order chi connectivity index (χ0) is 10.9. The van der Waals surface area contributed by atoms with Crippen LogP contribution in [-0.2, 0) is 0 Å². The summed E-state index contributed by atoms with van der Waals surface area (Å²) in [6.45, 7) is 4.61. The number of hydrogen-bond donors (Lipinski definition) is 0. The van der Waals surface area contributed by atoms with Crippen molar-refractivity contribution in [1.82, 2.24) is 0 Å². The fourth-order valence-electron chi connectivity index (χ4n) is 1.57. The highest BCUT2D eigenvalue weighted by atomic mass is 28.3. The van der Waals surface area contributed by atoms with Crippen LogP contribution in [0.15, 0.2) is 42.1 Å². The summed E-state index contributed by atoms with van der Waals surface area (Å²) in [4.78, 5) is 0. The molecule has 1 aromatic carbocycles. The standard InChI is InChI=1S/C14H21Si/c1-3-4-5-6-10-13-15(2)14-11-8-7-9-12-14/h7-13H,3-6H2,1-2H3/b13-10+. The number of allylic oxidation sites excluding steroid dienone is 1. The van der Waals surface area contributed by atoms with Crippen LogP contribution in [0.5, 0.6) is 0 Å². The van der Waals surface area contributed by atoms with E-state index in [4.69, 9.17) is 0 Å². The van der Waals surface area contributed by atoms with Gasteiger partial charge >= 0.3 is 0 Å². The molecule has 0 heterocycles. The fourth-order valence-corrected chi connectivity index (χ4v) is 3.00. The van der Waals surface area contributed by atoms with Crippen LogP contribution in [0.4, 0.5) is 0 Å². The topological polar surface area (TPSA) is 0 Å². The number of hydrogen-bond acceptors (Lipinski definition) is 0. The molecule has 0 nitrogen and oxygen atoms in total. The lowest BCUT2D eigenvalue weighted by Crippen LogP contribution is -2.23. The van der Waals surface area contributed by atoms with Gasteiger partial charge in [-0.25, -0.2) is 0 Å². The maximum absolute atomic E-state index is 2.43. The molecular formula is C14H21Si. The average molecular weight is 217 g/mol. The third-order valence-electron chi connectivity index (χ3n) is 2.57. The van der Waals surface area contributed by atoms with Crippen LogP contribution < -0.4 is 5.19 Å². The van der Waals surface area contributed by atoms with Crippen molar-refractivity contribution in [3.63, 3.8) is 0 Å². The molecule has 0 aromatic heterocycles. The number of unbranched alkanes of at least 4 members (excludes halogenated alkanes) is 3. The predicted molar refractivity (Wildman–Crippen MR) is 71.0 cm³/mol. The molecule has 1 radical (unpaired) electrons. The first-order chi connectivity index (χ1) is 7.34. The van der Waals surface area contributed by atoms with Gasteiger partial charge in [0.15, 0.2) is 0 Å². The lowest BCUT2D eigenvalue weighted by atomic mass is 10.2. The Morgan fingerprint density at radius 3 is 2.53 bits per heavy atom. The van der Waals surface area contributed by atoms with Crippen molar-refractivity contribution in [2.75, 3.05) is 0 Å². The molecule has 0 N–H and O–H groups in total. The zero-order valence-electron chi connectivity index (χ0n) is 9.87. The Hall–Kier alpha value is -0.823. The van der Waals surface area contributed by atoms with Crippen molar-refractivity contribution >= 4 is 14.0 Å². The molecule has 0 fully saturated rings. The van der Waals surface area contributed by atoms with E-state index in [1.807, 2.05) is 0 Å². The largest absolute Gasteiger partial charge is 0.109 e. The normalized spacial score (nSPS) is 11.4. The van der Waals surface area contributed by atoms with Gasteiger partial charge in [0, 0.05) is 0 Å². The first-order valence-corrected chi connectivity index (χ1v) is 7.98. The Bertz CT molecular complexity index is 277. The summed E-state index contributed by atoms with van der Waals surface area (Å²) in [6, 6.07) is 10.8. The average Bonchev–Trinajstić information content (AvgIpc) is 2.30. The highest BCUT2D eigenvalue weighted by Crippen LogP contribution is 2.00. The van der Waals surface area contributed by atoms with Gasteiger partial charge in [-0.15, -0.1) is 0 Å². The van der Waals surface area contributed by atoms with Crippen molar-refractivity contribution in [3.05, 3.63) is 42.1 Å². The quantitative estimate of drug-likeness (QED) is 0.503. The molecule has 0 aliphatic carbocycles. The Balaban J connectivity index is 2.32. The van der Waals surface area contributed by atoms with E-state index in [1.165, 1.54) is 30.9 Å². The van der Waals surface area contributed by atoms with Gasteiger partial charge in [0.25, 0.3) is 0 Å². The molecule has 1 aromatic rings. The Morgan fingerprint density at radius 2 is 1.87 bits per heavy atom. The highest BCUT2D eigenvalue weighted by molar-refractivity contribution is 6.76. The van der Waals surface area contributed by atoms with Gasteiger partial charge in [-0.05, 0) is 12.8 Å². The Morgan fingerprint density at radius 1 is 1.13 bits per heavy atom. The second-order valence-corrected chi connectivity index (χ2v) is 6.22. The van der Waals surface area contributed by atoms with Crippen molar-refractivity contribution in [2.24, 2.45) is 0 Å². The van der Waals surface area contributed by atoms with Crippen molar-refractivity contribution < 1.29 is 0 Å². The summed E-state index contributed by atoms with van der Waals surface area (Å²) in [5, 5.41) is 1.51. The number of benzene rings is 1. The minimum absolute atomic E-state index is 0.435. The third-order valence-corrected chi connectivity index (χ3v) is 4.55. The van der Waals surface area contributed by atoms with Crippen LogP contribution in [0.25, 0.3) is 0 Å². The molecule has 0 aliphatic rings. The zero-order valence-corrected chi connectivity index (χ0v) is 10.9. The third kappa shape index (κ3) is 4.98. The van der Waals surface area contributed by atoms with E-state index in [9.17, 15) is 0 Å². The van der Waals surface area contributed by atoms with Crippen LogP contribution in [0.3, 0.4) is 0 Å². The molecule has 0 aliphatic heterocycles. The van der Waals surface area contributed by atoms with E-state index in [-0.39, 0.29) is 0 Å². The molecule has 0 atom stereocenters. The van der Waals surface area contributed by atoms with Gasteiger partial charge < -0.3 is 0 Å². The summed E-state index contributed by atoms with van der Waals surface area (Å²) in [5.41, 5.74) is 2.43. The van der Waals surface area contributed by atoms with E-state index < -0.39 is 8.80 Å². The van der Waals surface area contributed by atoms with E-state index in [0.717, 1.165) is 0 Å². The monoisotopic (exact) mass is 217 g/mol. The fraction of sp³-hybridized carbons (Fsp3) is 0.429. The van der Waals surface area contributed by atoms with Crippen LogP contribution in [0.1, 0.15) is 32.6 Å². The molecule has 1 rings (SSSR count). The van der Waals surface area contributed by atoms with E-state index in [0.29, 0.717) is 0 Å². The SMILES string of the molecule is CCCCC/C=C/[Si](C)c1ccccc1. The second-order valence-electron chi connectivity index (χ2n) is 3.95. The first-order valence-electron chi connectivity index (χ1n) is 5.90. The molecule has 1 heteroatoms. The maximum atomic E-state index is 2.43.